The normalized spacial score (nSPS) is 18.1. The molecule has 1 fully saturated rings. The molecule has 0 saturated carbocycles. The van der Waals surface area contributed by atoms with Crippen molar-refractivity contribution in [2.24, 2.45) is 4.99 Å². The van der Waals surface area contributed by atoms with E-state index in [0.717, 1.165) is 23.3 Å². The number of fused-ring (bicyclic) bond motifs is 1. The molecule has 2 heterocycles. The highest BCUT2D eigenvalue weighted by atomic mass is 35.5. The molecule has 0 aliphatic carbocycles. The zero-order valence-electron chi connectivity index (χ0n) is 14.8. The third-order valence-electron chi connectivity index (χ3n) is 4.25. The van der Waals surface area contributed by atoms with Gasteiger partial charge in [-0.3, -0.25) is 4.79 Å². The van der Waals surface area contributed by atoms with E-state index in [0.29, 0.717) is 33.0 Å². The number of halogens is 1. The SMILES string of the molecule is COC(=O)c1ccc(/N=C2/NC(=O)/C(=C/c3ccc4c(c3)CCO4)S2)c(Cl)c1. The molecule has 6 nitrogen and oxygen atoms in total. The summed E-state index contributed by atoms with van der Waals surface area (Å²) in [7, 11) is 1.30. The molecule has 142 valence electrons. The Morgan fingerprint density at radius 3 is 2.96 bits per heavy atom. The van der Waals surface area contributed by atoms with Crippen LogP contribution in [0.15, 0.2) is 46.3 Å². The number of nitrogens with one attached hydrogen (secondary N) is 1. The molecule has 0 radical (unpaired) electrons. The van der Waals surface area contributed by atoms with E-state index in [2.05, 4.69) is 15.0 Å². The molecule has 0 bridgehead atoms. The largest absolute Gasteiger partial charge is 0.493 e. The van der Waals surface area contributed by atoms with Crippen LogP contribution in [-0.4, -0.2) is 30.8 Å². The summed E-state index contributed by atoms with van der Waals surface area (Å²) in [6.45, 7) is 0.691. The van der Waals surface area contributed by atoms with Crippen LogP contribution in [0.1, 0.15) is 21.5 Å². The summed E-state index contributed by atoms with van der Waals surface area (Å²) in [5.41, 5.74) is 2.86. The van der Waals surface area contributed by atoms with Gasteiger partial charge in [-0.2, -0.15) is 0 Å². The highest BCUT2D eigenvalue weighted by Gasteiger charge is 2.24. The van der Waals surface area contributed by atoms with Crippen LogP contribution >= 0.6 is 23.4 Å². The number of rotatable bonds is 3. The van der Waals surface area contributed by atoms with E-state index in [1.54, 1.807) is 12.1 Å². The molecule has 1 amide bonds. The third-order valence-corrected chi connectivity index (χ3v) is 5.47. The number of aliphatic imine (C=N–C) groups is 1. The first-order valence-electron chi connectivity index (χ1n) is 8.46. The molecule has 2 aliphatic rings. The maximum absolute atomic E-state index is 12.3. The fraction of sp³-hybridized carbons (Fsp3) is 0.150. The lowest BCUT2D eigenvalue weighted by Crippen LogP contribution is -2.19. The van der Waals surface area contributed by atoms with Crippen molar-refractivity contribution in [1.29, 1.82) is 0 Å². The predicted molar refractivity (Wildman–Crippen MR) is 109 cm³/mol. The van der Waals surface area contributed by atoms with Crippen LogP contribution in [0.5, 0.6) is 5.75 Å². The minimum atomic E-state index is -0.477. The number of methoxy groups -OCH3 is 1. The zero-order chi connectivity index (χ0) is 19.7. The number of carbonyl (C=O) groups is 2. The second-order valence-electron chi connectivity index (χ2n) is 6.11. The van der Waals surface area contributed by atoms with Crippen molar-refractivity contribution >= 4 is 52.2 Å². The molecule has 2 aromatic rings. The first-order chi connectivity index (χ1) is 13.5. The molecular formula is C20H15ClN2O4S. The number of ether oxygens (including phenoxy) is 2. The molecule has 28 heavy (non-hydrogen) atoms. The summed E-state index contributed by atoms with van der Waals surface area (Å²) in [5, 5.41) is 3.45. The van der Waals surface area contributed by atoms with Crippen molar-refractivity contribution in [1.82, 2.24) is 5.32 Å². The van der Waals surface area contributed by atoms with Crippen molar-refractivity contribution in [3.8, 4) is 5.75 Å². The van der Waals surface area contributed by atoms with Crippen LogP contribution in [0.3, 0.4) is 0 Å². The van der Waals surface area contributed by atoms with Gasteiger partial charge in [-0.05, 0) is 59.3 Å². The van der Waals surface area contributed by atoms with E-state index >= 15 is 0 Å². The molecule has 0 aromatic heterocycles. The number of esters is 1. The van der Waals surface area contributed by atoms with Crippen molar-refractivity contribution in [3.05, 3.63) is 63.0 Å². The number of nitrogens with zero attached hydrogens (tertiary/aromatic N) is 1. The fourth-order valence-corrected chi connectivity index (χ4v) is 3.94. The average Bonchev–Trinajstić information content (AvgIpc) is 3.29. The number of thioether (sulfide) groups is 1. The highest BCUT2D eigenvalue weighted by molar-refractivity contribution is 8.18. The number of amides is 1. The van der Waals surface area contributed by atoms with E-state index in [4.69, 9.17) is 16.3 Å². The van der Waals surface area contributed by atoms with Gasteiger partial charge in [-0.1, -0.05) is 17.7 Å². The minimum Gasteiger partial charge on any atom is -0.493 e. The van der Waals surface area contributed by atoms with Gasteiger partial charge in [0.15, 0.2) is 5.17 Å². The van der Waals surface area contributed by atoms with E-state index in [9.17, 15) is 9.59 Å². The van der Waals surface area contributed by atoms with Crippen LogP contribution in [-0.2, 0) is 16.0 Å². The average molecular weight is 415 g/mol. The molecule has 0 atom stereocenters. The van der Waals surface area contributed by atoms with E-state index < -0.39 is 5.97 Å². The molecular weight excluding hydrogens is 400 g/mol. The Labute approximate surface area is 170 Å². The molecule has 1 N–H and O–H groups in total. The lowest BCUT2D eigenvalue weighted by molar-refractivity contribution is -0.115. The summed E-state index contributed by atoms with van der Waals surface area (Å²) in [6, 6.07) is 10.5. The fourth-order valence-electron chi connectivity index (χ4n) is 2.88. The van der Waals surface area contributed by atoms with E-state index in [1.807, 2.05) is 24.3 Å². The van der Waals surface area contributed by atoms with Crippen molar-refractivity contribution in [2.75, 3.05) is 13.7 Å². The monoisotopic (exact) mass is 414 g/mol. The van der Waals surface area contributed by atoms with Crippen LogP contribution < -0.4 is 10.1 Å². The van der Waals surface area contributed by atoms with Crippen LogP contribution in [0.4, 0.5) is 5.69 Å². The molecule has 8 heteroatoms. The summed E-state index contributed by atoms with van der Waals surface area (Å²) >= 11 is 7.44. The quantitative estimate of drug-likeness (QED) is 0.607. The second-order valence-corrected chi connectivity index (χ2v) is 7.54. The van der Waals surface area contributed by atoms with Gasteiger partial charge in [-0.15, -0.1) is 0 Å². The number of benzene rings is 2. The first kappa shape index (κ1) is 18.6. The summed E-state index contributed by atoms with van der Waals surface area (Å²) in [6.07, 6.45) is 2.70. The standard InChI is InChI=1S/C20H15ClN2O4S/c1-26-19(25)13-3-4-15(14(21)10-13)22-20-23-18(24)17(28-20)9-11-2-5-16-12(8-11)6-7-27-16/h2-5,8-10H,6-7H2,1H3,(H,22,23,24)/b17-9-. The van der Waals surface area contributed by atoms with Crippen molar-refractivity contribution < 1.29 is 19.1 Å². The van der Waals surface area contributed by atoms with Crippen LogP contribution in [0, 0.1) is 0 Å². The Hall–Kier alpha value is -2.77. The van der Waals surface area contributed by atoms with Gasteiger partial charge in [0.05, 0.1) is 34.9 Å². The van der Waals surface area contributed by atoms with Crippen molar-refractivity contribution in [3.63, 3.8) is 0 Å². The maximum atomic E-state index is 12.3. The third kappa shape index (κ3) is 3.76. The zero-order valence-corrected chi connectivity index (χ0v) is 16.4. The Kier molecular flexibility index (Phi) is 5.11. The first-order valence-corrected chi connectivity index (χ1v) is 9.66. The number of hydrogen-bond acceptors (Lipinski definition) is 6. The van der Waals surface area contributed by atoms with Gasteiger partial charge < -0.3 is 14.8 Å². The van der Waals surface area contributed by atoms with Gasteiger partial charge in [0.1, 0.15) is 5.75 Å². The summed E-state index contributed by atoms with van der Waals surface area (Å²) in [5.74, 6) is 0.204. The summed E-state index contributed by atoms with van der Waals surface area (Å²) < 4.78 is 10.2. The predicted octanol–water partition coefficient (Wildman–Crippen LogP) is 3.95. The molecule has 4 rings (SSSR count). The topological polar surface area (TPSA) is 77.0 Å². The molecule has 0 unspecified atom stereocenters. The molecule has 2 aromatic carbocycles. The van der Waals surface area contributed by atoms with Gasteiger partial charge in [0.2, 0.25) is 0 Å². The van der Waals surface area contributed by atoms with Crippen molar-refractivity contribution in [2.45, 2.75) is 6.42 Å². The van der Waals surface area contributed by atoms with Crippen LogP contribution in [0.25, 0.3) is 6.08 Å². The van der Waals surface area contributed by atoms with E-state index in [1.165, 1.54) is 24.9 Å². The molecule has 1 saturated heterocycles. The Morgan fingerprint density at radius 1 is 1.32 bits per heavy atom. The number of carbonyl (C=O) groups excluding carboxylic acids is 2. The van der Waals surface area contributed by atoms with Gasteiger partial charge >= 0.3 is 5.97 Å². The van der Waals surface area contributed by atoms with Crippen LogP contribution in [0.2, 0.25) is 5.02 Å². The second kappa shape index (κ2) is 7.69. The Bertz CT molecular complexity index is 1050. The van der Waals surface area contributed by atoms with Gasteiger partial charge in [0, 0.05) is 6.42 Å². The smallest absolute Gasteiger partial charge is 0.337 e. The lowest BCUT2D eigenvalue weighted by atomic mass is 10.1. The molecule has 0 spiro atoms. The summed E-state index contributed by atoms with van der Waals surface area (Å²) in [4.78, 5) is 28.8. The van der Waals surface area contributed by atoms with Gasteiger partial charge in [-0.25, -0.2) is 9.79 Å². The maximum Gasteiger partial charge on any atom is 0.337 e. The minimum absolute atomic E-state index is 0.220. The number of hydrogen-bond donors (Lipinski definition) is 1. The number of amidine groups is 1. The lowest BCUT2D eigenvalue weighted by Gasteiger charge is -2.03. The van der Waals surface area contributed by atoms with Gasteiger partial charge in [0.25, 0.3) is 5.91 Å². The Balaban J connectivity index is 1.55. The van der Waals surface area contributed by atoms with E-state index in [-0.39, 0.29) is 5.91 Å². The highest BCUT2D eigenvalue weighted by Crippen LogP contribution is 2.33. The Morgan fingerprint density at radius 2 is 2.18 bits per heavy atom. The molecule has 2 aliphatic heterocycles.